The lowest BCUT2D eigenvalue weighted by molar-refractivity contribution is 0.669. The van der Waals surface area contributed by atoms with E-state index < -0.39 is 0 Å². The fourth-order valence-corrected chi connectivity index (χ4v) is 10.1. The molecule has 0 N–H and O–H groups in total. The van der Waals surface area contributed by atoms with Crippen LogP contribution >= 0.6 is 11.3 Å². The van der Waals surface area contributed by atoms with Gasteiger partial charge in [0.1, 0.15) is 11.2 Å². The number of fused-ring (bicyclic) bond motifs is 10. The number of thiophene rings is 1. The van der Waals surface area contributed by atoms with Crippen LogP contribution in [0.3, 0.4) is 0 Å². The topological polar surface area (TPSA) is 37.9 Å². The van der Waals surface area contributed by atoms with Gasteiger partial charge in [-0.3, -0.25) is 4.99 Å². The minimum atomic E-state index is -0.119. The predicted octanol–water partition coefficient (Wildman–Crippen LogP) is 14.5. The first-order valence-corrected chi connectivity index (χ1v) is 20.0. The third kappa shape index (κ3) is 4.96. The molecule has 4 heteroatoms. The second kappa shape index (κ2) is 12.3. The molecule has 12 rings (SSSR count). The Morgan fingerprint density at radius 1 is 0.482 bits per heavy atom. The number of benzene rings is 9. The first-order valence-electron chi connectivity index (χ1n) is 19.1. The Morgan fingerprint density at radius 2 is 1.20 bits per heavy atom. The SMILES string of the molecule is c1ccc2cc(C3=NC(c4ccc5oc6ccccc6c5c4)=NC(c4cccc5cc(-c6cccc7ccc8c9ccccc9sc8c67)ccc45)C3)ccc2c1. The predicted molar refractivity (Wildman–Crippen MR) is 238 cm³/mol. The van der Waals surface area contributed by atoms with Crippen molar-refractivity contribution in [3.05, 3.63) is 193 Å². The molecule has 0 aliphatic carbocycles. The number of para-hydroxylation sites is 1. The van der Waals surface area contributed by atoms with Gasteiger partial charge in [0.05, 0.1) is 11.8 Å². The van der Waals surface area contributed by atoms with Gasteiger partial charge in [-0.05, 0) is 91.6 Å². The largest absolute Gasteiger partial charge is 0.456 e. The summed E-state index contributed by atoms with van der Waals surface area (Å²) >= 11 is 1.89. The van der Waals surface area contributed by atoms with Gasteiger partial charge < -0.3 is 4.42 Å². The minimum Gasteiger partial charge on any atom is -0.456 e. The average molecular weight is 733 g/mol. The first kappa shape index (κ1) is 31.5. The van der Waals surface area contributed by atoms with Crippen LogP contribution in [0.25, 0.3) is 85.6 Å². The van der Waals surface area contributed by atoms with E-state index in [1.807, 2.05) is 23.5 Å². The van der Waals surface area contributed by atoms with Gasteiger partial charge in [0.2, 0.25) is 0 Å². The highest BCUT2D eigenvalue weighted by atomic mass is 32.1. The highest BCUT2D eigenvalue weighted by Gasteiger charge is 2.25. The molecular formula is C52H32N2OS. The maximum absolute atomic E-state index is 6.19. The van der Waals surface area contributed by atoms with E-state index in [4.69, 9.17) is 14.4 Å². The van der Waals surface area contributed by atoms with E-state index in [1.165, 1.54) is 69.2 Å². The molecule has 9 aromatic carbocycles. The standard InChI is InChI=1S/C52H32N2OS/c1-2-10-33-27-36(20-19-31(33)9-1)45-30-46(54-52(53-45)37-23-26-48-44(29-37)41-13-3-5-17-47(41)55-48)40-16-8-12-34-28-35(22-24-38(34)40)39-15-7-11-32-21-25-43-42-14-4-6-18-49(42)56-51(43)50(32)39/h1-29,46H,30H2. The van der Waals surface area contributed by atoms with Crippen LogP contribution < -0.4 is 0 Å². The third-order valence-electron chi connectivity index (χ3n) is 11.6. The molecule has 0 saturated heterocycles. The fraction of sp³-hybridized carbons (Fsp3) is 0.0385. The van der Waals surface area contributed by atoms with Gasteiger partial charge in [0.25, 0.3) is 0 Å². The monoisotopic (exact) mass is 732 g/mol. The molecule has 56 heavy (non-hydrogen) atoms. The van der Waals surface area contributed by atoms with Gasteiger partial charge in [-0.25, -0.2) is 4.99 Å². The van der Waals surface area contributed by atoms with Crippen molar-refractivity contribution in [3.63, 3.8) is 0 Å². The molecule has 3 nitrogen and oxygen atoms in total. The average Bonchev–Trinajstić information content (AvgIpc) is 3.84. The Labute approximate surface area is 326 Å². The highest BCUT2D eigenvalue weighted by molar-refractivity contribution is 7.26. The maximum atomic E-state index is 6.19. The van der Waals surface area contributed by atoms with Gasteiger partial charge in [-0.2, -0.15) is 0 Å². The summed E-state index contributed by atoms with van der Waals surface area (Å²) in [6, 6.07) is 63.3. The van der Waals surface area contributed by atoms with Crippen molar-refractivity contribution in [2.75, 3.05) is 0 Å². The van der Waals surface area contributed by atoms with E-state index in [-0.39, 0.29) is 6.04 Å². The lowest BCUT2D eigenvalue weighted by atomic mass is 9.90. The van der Waals surface area contributed by atoms with Crippen molar-refractivity contribution in [1.29, 1.82) is 0 Å². The van der Waals surface area contributed by atoms with Crippen LogP contribution in [0.1, 0.15) is 29.2 Å². The van der Waals surface area contributed by atoms with Crippen LogP contribution in [0.4, 0.5) is 0 Å². The van der Waals surface area contributed by atoms with Crippen molar-refractivity contribution in [1.82, 2.24) is 0 Å². The van der Waals surface area contributed by atoms with E-state index >= 15 is 0 Å². The van der Waals surface area contributed by atoms with Crippen molar-refractivity contribution in [2.45, 2.75) is 12.5 Å². The summed E-state index contributed by atoms with van der Waals surface area (Å²) in [5.74, 6) is 0.744. The summed E-state index contributed by atoms with van der Waals surface area (Å²) in [7, 11) is 0. The number of hydrogen-bond acceptors (Lipinski definition) is 4. The molecule has 1 aliphatic heterocycles. The zero-order chi connectivity index (χ0) is 36.7. The van der Waals surface area contributed by atoms with Crippen LogP contribution in [0.15, 0.2) is 190 Å². The highest BCUT2D eigenvalue weighted by Crippen LogP contribution is 2.43. The third-order valence-corrected chi connectivity index (χ3v) is 12.8. The summed E-state index contributed by atoms with van der Waals surface area (Å²) < 4.78 is 8.86. The van der Waals surface area contributed by atoms with Crippen LogP contribution in [-0.2, 0) is 0 Å². The molecular weight excluding hydrogens is 701 g/mol. The second-order valence-electron chi connectivity index (χ2n) is 14.8. The molecule has 2 aromatic heterocycles. The Balaban J connectivity index is 1.01. The molecule has 0 fully saturated rings. The van der Waals surface area contributed by atoms with E-state index in [1.54, 1.807) is 0 Å². The lowest BCUT2D eigenvalue weighted by Gasteiger charge is -2.23. The van der Waals surface area contributed by atoms with Gasteiger partial charge in [-0.15, -0.1) is 11.3 Å². The number of hydrogen-bond donors (Lipinski definition) is 0. The van der Waals surface area contributed by atoms with Crippen molar-refractivity contribution < 1.29 is 4.42 Å². The zero-order valence-electron chi connectivity index (χ0n) is 30.2. The number of furan rings is 1. The number of aliphatic imine (C=N–C) groups is 2. The van der Waals surface area contributed by atoms with E-state index in [0.29, 0.717) is 6.42 Å². The van der Waals surface area contributed by atoms with Crippen LogP contribution in [0.2, 0.25) is 0 Å². The summed E-state index contributed by atoms with van der Waals surface area (Å²) in [6.45, 7) is 0. The van der Waals surface area contributed by atoms with Crippen molar-refractivity contribution in [2.24, 2.45) is 9.98 Å². The molecule has 0 amide bonds. The Morgan fingerprint density at radius 3 is 2.16 bits per heavy atom. The first-order chi connectivity index (χ1) is 27.7. The Bertz CT molecular complexity index is 3470. The Kier molecular flexibility index (Phi) is 6.92. The van der Waals surface area contributed by atoms with Gasteiger partial charge in [0.15, 0.2) is 5.84 Å². The van der Waals surface area contributed by atoms with E-state index in [2.05, 4.69) is 164 Å². The molecule has 0 radical (unpaired) electrons. The Hall–Kier alpha value is -6.88. The quantitative estimate of drug-likeness (QED) is 0.178. The van der Waals surface area contributed by atoms with Gasteiger partial charge in [-0.1, -0.05) is 133 Å². The lowest BCUT2D eigenvalue weighted by Crippen LogP contribution is -2.17. The molecule has 1 unspecified atom stereocenters. The molecule has 0 spiro atoms. The van der Waals surface area contributed by atoms with Crippen LogP contribution in [0.5, 0.6) is 0 Å². The second-order valence-corrected chi connectivity index (χ2v) is 15.9. The van der Waals surface area contributed by atoms with Gasteiger partial charge >= 0.3 is 0 Å². The zero-order valence-corrected chi connectivity index (χ0v) is 31.1. The van der Waals surface area contributed by atoms with E-state index in [0.717, 1.165) is 44.6 Å². The molecule has 11 aromatic rings. The molecule has 3 heterocycles. The summed E-state index contributed by atoms with van der Waals surface area (Å²) in [5.41, 5.74) is 8.59. The molecule has 0 bridgehead atoms. The molecule has 262 valence electrons. The number of amidine groups is 1. The molecule has 1 aliphatic rings. The fourth-order valence-electron chi connectivity index (χ4n) is 8.87. The molecule has 0 saturated carbocycles. The summed E-state index contributed by atoms with van der Waals surface area (Å²) in [5, 5.41) is 12.3. The van der Waals surface area contributed by atoms with Crippen LogP contribution in [0, 0.1) is 0 Å². The summed E-state index contributed by atoms with van der Waals surface area (Å²) in [4.78, 5) is 10.8. The normalized spacial score (nSPS) is 14.8. The number of nitrogens with zero attached hydrogens (tertiary/aromatic N) is 2. The maximum Gasteiger partial charge on any atom is 0.155 e. The number of rotatable bonds is 4. The van der Waals surface area contributed by atoms with Crippen molar-refractivity contribution >= 4 is 97.3 Å². The van der Waals surface area contributed by atoms with E-state index in [9.17, 15) is 0 Å². The smallest absolute Gasteiger partial charge is 0.155 e. The van der Waals surface area contributed by atoms with Gasteiger partial charge in [0, 0.05) is 48.3 Å². The van der Waals surface area contributed by atoms with Crippen LogP contribution in [-0.4, -0.2) is 11.5 Å². The minimum absolute atomic E-state index is 0.119. The summed E-state index contributed by atoms with van der Waals surface area (Å²) in [6.07, 6.45) is 0.701. The van der Waals surface area contributed by atoms with Crippen molar-refractivity contribution in [3.8, 4) is 11.1 Å². The molecule has 1 atom stereocenters.